The number of nitrogens with zero attached hydrogens (tertiary/aromatic N) is 2. The molecule has 6 unspecified atom stereocenters. The summed E-state index contributed by atoms with van der Waals surface area (Å²) < 4.78 is 44.3. The highest BCUT2D eigenvalue weighted by molar-refractivity contribution is 7.89. The number of rotatable bonds is 16. The van der Waals surface area contributed by atoms with Crippen molar-refractivity contribution >= 4 is 27.3 Å². The first kappa shape index (κ1) is 40.4. The van der Waals surface area contributed by atoms with Gasteiger partial charge in [0, 0.05) is 50.8 Å². The van der Waals surface area contributed by atoms with Crippen molar-refractivity contribution in [1.29, 1.82) is 0 Å². The number of ether oxygens (including phenoxy) is 2. The van der Waals surface area contributed by atoms with Crippen molar-refractivity contribution in [2.45, 2.75) is 101 Å². The summed E-state index contributed by atoms with van der Waals surface area (Å²) in [6.45, 7) is 11.2. The Labute approximate surface area is 313 Å². The van der Waals surface area contributed by atoms with Gasteiger partial charge in [-0.3, -0.25) is 4.79 Å². The van der Waals surface area contributed by atoms with E-state index in [-0.39, 0.29) is 60.5 Å². The number of benzene rings is 2. The van der Waals surface area contributed by atoms with Gasteiger partial charge in [-0.2, -0.15) is 4.31 Å². The third-order valence-electron chi connectivity index (χ3n) is 10.4. The number of carbonyl (C=O) groups is 1. The molecule has 12 nitrogen and oxygen atoms in total. The Morgan fingerprint density at radius 3 is 2.40 bits per heavy atom. The van der Waals surface area contributed by atoms with E-state index in [1.54, 1.807) is 36.4 Å². The Balaban J connectivity index is 1.76. The zero-order chi connectivity index (χ0) is 38.6. The van der Waals surface area contributed by atoms with Crippen LogP contribution in [0.5, 0.6) is 11.5 Å². The van der Waals surface area contributed by atoms with Crippen LogP contribution in [0.4, 0.5) is 5.69 Å². The molecule has 290 valence electrons. The minimum atomic E-state index is -4.20. The standard InChI is InChI=1S/C40H55N3O9S/c1-7-22-50-40-36(43(6)53(48,49)30-17-14-28(15-18-30)41-26(2)46)25-34(42-52-39(3,4)5)32-23-27(12-8-10-20-44)31(13-9-11-21-45)37(38(32)40)33-24-29(47)16-19-35(33)51-40/h7,14-19,23-24,27,31,36-38,44-45,47H,1,8-13,20-22,25H2,2-6H3,(H,41,46). The molecule has 0 spiro atoms. The van der Waals surface area contributed by atoms with Crippen LogP contribution in [0.15, 0.2) is 76.8 Å². The summed E-state index contributed by atoms with van der Waals surface area (Å²) in [7, 11) is -2.69. The van der Waals surface area contributed by atoms with E-state index < -0.39 is 33.4 Å². The molecule has 3 aliphatic rings. The van der Waals surface area contributed by atoms with Crippen LogP contribution in [0.25, 0.3) is 0 Å². The molecule has 1 amide bonds. The molecular formula is C40H55N3O9S. The monoisotopic (exact) mass is 753 g/mol. The Bertz CT molecular complexity index is 1790. The van der Waals surface area contributed by atoms with Gasteiger partial charge in [-0.1, -0.05) is 30.1 Å². The van der Waals surface area contributed by atoms with E-state index in [9.17, 15) is 28.5 Å². The third kappa shape index (κ3) is 8.65. The maximum absolute atomic E-state index is 14.6. The number of hydrogen-bond donors (Lipinski definition) is 4. The fourth-order valence-electron chi connectivity index (χ4n) is 8.15. The van der Waals surface area contributed by atoms with Crippen molar-refractivity contribution in [1.82, 2.24) is 4.31 Å². The molecule has 13 heteroatoms. The Kier molecular flexibility index (Phi) is 12.8. The van der Waals surface area contributed by atoms with Crippen molar-refractivity contribution in [3.05, 3.63) is 72.3 Å². The smallest absolute Gasteiger partial charge is 0.243 e. The van der Waals surface area contributed by atoms with Crippen LogP contribution in [-0.2, 0) is 24.4 Å². The van der Waals surface area contributed by atoms with Crippen molar-refractivity contribution < 1.29 is 42.8 Å². The van der Waals surface area contributed by atoms with E-state index in [4.69, 9.17) is 19.5 Å². The fraction of sp³-hybridized carbons (Fsp3) is 0.550. The molecular weight excluding hydrogens is 699 g/mol. The lowest BCUT2D eigenvalue weighted by Gasteiger charge is -2.59. The highest BCUT2D eigenvalue weighted by Crippen LogP contribution is 2.62. The summed E-state index contributed by atoms with van der Waals surface area (Å²) in [5.74, 6) is -2.18. The first-order valence-corrected chi connectivity index (χ1v) is 19.9. The Morgan fingerprint density at radius 1 is 1.09 bits per heavy atom. The van der Waals surface area contributed by atoms with E-state index in [1.807, 2.05) is 20.8 Å². The second-order valence-corrected chi connectivity index (χ2v) is 17.2. The molecule has 0 aromatic heterocycles. The summed E-state index contributed by atoms with van der Waals surface area (Å²) in [5.41, 5.74) is 2.02. The number of unbranched alkanes of at least 4 members (excludes halogenated alkanes) is 2. The number of amides is 1. The van der Waals surface area contributed by atoms with Crippen molar-refractivity contribution in [3.8, 4) is 11.5 Å². The molecule has 4 N–H and O–H groups in total. The van der Waals surface area contributed by atoms with Crippen LogP contribution in [0.2, 0.25) is 0 Å². The van der Waals surface area contributed by atoms with Gasteiger partial charge < -0.3 is 34.9 Å². The number of phenols is 1. The Hall–Kier alpha value is -3.75. The molecule has 6 atom stereocenters. The average Bonchev–Trinajstić information content (AvgIpc) is 3.10. The number of oxime groups is 1. The molecule has 2 aromatic carbocycles. The van der Waals surface area contributed by atoms with Crippen LogP contribution in [-0.4, -0.2) is 84.0 Å². The van der Waals surface area contributed by atoms with Crippen LogP contribution in [0, 0.1) is 17.8 Å². The number of phenolic OH excluding ortho intramolecular Hbond substituents is 1. The number of aliphatic hydroxyl groups is 2. The van der Waals surface area contributed by atoms with Crippen molar-refractivity contribution in [2.75, 3.05) is 32.2 Å². The maximum atomic E-state index is 14.6. The van der Waals surface area contributed by atoms with Crippen molar-refractivity contribution in [2.24, 2.45) is 22.9 Å². The molecule has 0 radical (unpaired) electrons. The molecule has 1 heterocycles. The van der Waals surface area contributed by atoms with Gasteiger partial charge in [0.1, 0.15) is 17.1 Å². The van der Waals surface area contributed by atoms with Gasteiger partial charge in [0.15, 0.2) is 0 Å². The zero-order valence-corrected chi connectivity index (χ0v) is 32.3. The number of sulfonamides is 1. The summed E-state index contributed by atoms with van der Waals surface area (Å²) in [6.07, 6.45) is 8.25. The number of likely N-dealkylation sites (N-methyl/N-ethyl adjacent to an activating group) is 1. The predicted octanol–water partition coefficient (Wildman–Crippen LogP) is 6.10. The van der Waals surface area contributed by atoms with E-state index in [0.29, 0.717) is 30.0 Å². The average molecular weight is 754 g/mol. The summed E-state index contributed by atoms with van der Waals surface area (Å²) in [5, 5.41) is 37.7. The lowest BCUT2D eigenvalue weighted by Crippen LogP contribution is -2.69. The van der Waals surface area contributed by atoms with Crippen LogP contribution in [0.3, 0.4) is 0 Å². The molecule has 1 saturated carbocycles. The van der Waals surface area contributed by atoms with Gasteiger partial charge in [-0.25, -0.2) is 8.42 Å². The van der Waals surface area contributed by atoms with Gasteiger partial charge >= 0.3 is 0 Å². The summed E-state index contributed by atoms with van der Waals surface area (Å²) in [4.78, 5) is 17.7. The lowest BCUT2D eigenvalue weighted by molar-refractivity contribution is -0.250. The number of hydrogen-bond acceptors (Lipinski definition) is 10. The largest absolute Gasteiger partial charge is 0.508 e. The third-order valence-corrected chi connectivity index (χ3v) is 12.3. The summed E-state index contributed by atoms with van der Waals surface area (Å²) in [6, 6.07) is 10.0. The molecule has 0 saturated heterocycles. The van der Waals surface area contributed by atoms with Crippen molar-refractivity contribution in [3.63, 3.8) is 0 Å². The van der Waals surface area contributed by atoms with E-state index >= 15 is 0 Å². The van der Waals surface area contributed by atoms with Gasteiger partial charge in [-0.15, -0.1) is 6.58 Å². The number of carbonyl (C=O) groups excluding carboxylic acids is 1. The SMILES string of the molecule is C=CCOC12Oc3ccc(O)cc3C3C(CCCCO)C(CCCCO)C=C(C(=NOC(C)(C)C)CC1N(C)S(=O)(=O)c1ccc(NC(C)=O)cc1)C32. The molecule has 2 aliphatic carbocycles. The van der Waals surface area contributed by atoms with Crippen LogP contribution in [0.1, 0.15) is 84.1 Å². The molecule has 1 fully saturated rings. The van der Waals surface area contributed by atoms with Crippen LogP contribution >= 0.6 is 0 Å². The van der Waals surface area contributed by atoms with Gasteiger partial charge in [-0.05, 0) is 106 Å². The Morgan fingerprint density at radius 2 is 1.77 bits per heavy atom. The number of nitrogens with one attached hydrogen (secondary N) is 1. The van der Waals surface area contributed by atoms with E-state index in [2.05, 4.69) is 18.0 Å². The van der Waals surface area contributed by atoms with Gasteiger partial charge in [0.05, 0.1) is 29.2 Å². The number of aliphatic hydroxyl groups excluding tert-OH is 2. The quantitative estimate of drug-likeness (QED) is 0.0900. The van der Waals surface area contributed by atoms with E-state index in [1.165, 1.54) is 30.4 Å². The second-order valence-electron chi connectivity index (χ2n) is 15.2. The zero-order valence-electron chi connectivity index (χ0n) is 31.5. The maximum Gasteiger partial charge on any atom is 0.243 e. The molecule has 1 aliphatic heterocycles. The lowest BCUT2D eigenvalue weighted by atomic mass is 9.55. The first-order valence-electron chi connectivity index (χ1n) is 18.5. The van der Waals surface area contributed by atoms with Crippen LogP contribution < -0.4 is 10.1 Å². The number of aromatic hydroxyl groups is 1. The highest BCUT2D eigenvalue weighted by Gasteiger charge is 2.65. The number of anilines is 1. The molecule has 53 heavy (non-hydrogen) atoms. The topological polar surface area (TPSA) is 167 Å². The number of allylic oxidation sites excluding steroid dienone is 1. The summed E-state index contributed by atoms with van der Waals surface area (Å²) >= 11 is 0. The highest BCUT2D eigenvalue weighted by atomic mass is 32.2. The minimum absolute atomic E-state index is 0.0167. The first-order chi connectivity index (χ1) is 25.2. The molecule has 5 rings (SSSR count). The number of fused-ring (bicyclic) bond motifs is 2. The van der Waals surface area contributed by atoms with Gasteiger partial charge in [0.25, 0.3) is 0 Å². The van der Waals surface area contributed by atoms with Gasteiger partial charge in [0.2, 0.25) is 21.7 Å². The van der Waals surface area contributed by atoms with E-state index in [0.717, 1.165) is 36.8 Å². The molecule has 2 aromatic rings. The second kappa shape index (κ2) is 16.7. The fourth-order valence-corrected chi connectivity index (χ4v) is 9.52. The predicted molar refractivity (Wildman–Crippen MR) is 203 cm³/mol. The molecule has 0 bridgehead atoms. The normalized spacial score (nSPS) is 25.9. The minimum Gasteiger partial charge on any atom is -0.508 e.